The summed E-state index contributed by atoms with van der Waals surface area (Å²) in [6, 6.07) is -0.611. The monoisotopic (exact) mass is 239 g/mol. The number of allylic oxidation sites excluding steroid dienone is 2. The van der Waals surface area contributed by atoms with Crippen LogP contribution in [0.25, 0.3) is 0 Å². The highest BCUT2D eigenvalue weighted by Crippen LogP contribution is 2.40. The molecule has 1 fully saturated rings. The first kappa shape index (κ1) is 12.0. The Bertz CT molecular complexity index is 422. The lowest BCUT2D eigenvalue weighted by atomic mass is 9.72. The predicted octanol–water partition coefficient (Wildman–Crippen LogP) is 1.49. The first-order valence-electron chi connectivity index (χ1n) is 5.65. The second-order valence-corrected chi connectivity index (χ2v) is 5.23. The summed E-state index contributed by atoms with van der Waals surface area (Å²) in [5.74, 6) is -1.07. The van der Waals surface area contributed by atoms with Gasteiger partial charge < -0.3 is 15.3 Å². The number of hydrogen-bond acceptors (Lipinski definition) is 4. The first-order valence-corrected chi connectivity index (χ1v) is 5.65. The molecule has 0 amide bonds. The summed E-state index contributed by atoms with van der Waals surface area (Å²) in [6.45, 7) is 3.77. The van der Waals surface area contributed by atoms with Gasteiger partial charge in [-0.25, -0.2) is 0 Å². The molecule has 1 saturated heterocycles. The second kappa shape index (κ2) is 3.77. The topological polar surface area (TPSA) is 89.8 Å². The molecule has 2 aliphatic rings. The molecule has 0 spiro atoms. The van der Waals surface area contributed by atoms with E-state index in [1.54, 1.807) is 6.08 Å². The normalized spacial score (nSPS) is 31.8. The largest absolute Gasteiger partial charge is 0.508 e. The highest BCUT2D eigenvalue weighted by Gasteiger charge is 2.42. The van der Waals surface area contributed by atoms with E-state index in [1.165, 1.54) is 0 Å². The van der Waals surface area contributed by atoms with Gasteiger partial charge in [0.1, 0.15) is 11.8 Å². The van der Waals surface area contributed by atoms with Crippen molar-refractivity contribution in [2.45, 2.75) is 38.3 Å². The molecule has 5 heteroatoms. The van der Waals surface area contributed by atoms with Gasteiger partial charge in [0, 0.05) is 12.0 Å². The molecule has 2 atom stereocenters. The number of aliphatic carboxylic acids is 1. The molecular weight excluding hydrogens is 222 g/mol. The van der Waals surface area contributed by atoms with E-state index < -0.39 is 17.6 Å². The van der Waals surface area contributed by atoms with E-state index in [0.29, 0.717) is 12.8 Å². The highest BCUT2D eigenvalue weighted by molar-refractivity contribution is 5.74. The number of rotatable bonds is 1. The molecule has 1 heterocycles. The van der Waals surface area contributed by atoms with Gasteiger partial charge in [-0.15, -0.1) is 0 Å². The summed E-state index contributed by atoms with van der Waals surface area (Å²) in [4.78, 5) is 11.1. The number of fused-ring (bicyclic) bond motifs is 1. The van der Waals surface area contributed by atoms with Crippen molar-refractivity contribution in [1.82, 2.24) is 5.32 Å². The van der Waals surface area contributed by atoms with Crippen LogP contribution in [0.2, 0.25) is 0 Å². The van der Waals surface area contributed by atoms with E-state index in [1.807, 2.05) is 13.8 Å². The number of carbonyl (C=O) groups is 1. The van der Waals surface area contributed by atoms with E-state index in [-0.39, 0.29) is 17.4 Å². The summed E-state index contributed by atoms with van der Waals surface area (Å²) in [5.41, 5.74) is 0.464. The van der Waals surface area contributed by atoms with Gasteiger partial charge >= 0.3 is 5.97 Å². The van der Waals surface area contributed by atoms with E-state index >= 15 is 0 Å². The van der Waals surface area contributed by atoms with Crippen LogP contribution >= 0.6 is 0 Å². The quantitative estimate of drug-likeness (QED) is 0.556. The third-order valence-electron chi connectivity index (χ3n) is 3.54. The SMILES string of the molecule is CC1(C)NC(C(=O)O)CC2CC(O)=C(O)C=C21. The molecule has 0 saturated carbocycles. The van der Waals surface area contributed by atoms with Crippen LogP contribution in [0.3, 0.4) is 0 Å². The first-order chi connectivity index (χ1) is 7.81. The van der Waals surface area contributed by atoms with Crippen LogP contribution in [0, 0.1) is 5.92 Å². The lowest BCUT2D eigenvalue weighted by molar-refractivity contribution is -0.141. The van der Waals surface area contributed by atoms with Crippen molar-refractivity contribution in [2.75, 3.05) is 0 Å². The van der Waals surface area contributed by atoms with Gasteiger partial charge in [0.25, 0.3) is 0 Å². The van der Waals surface area contributed by atoms with Gasteiger partial charge in [0.05, 0.1) is 0 Å². The molecule has 0 bridgehead atoms. The Kier molecular flexibility index (Phi) is 2.66. The number of carboxylic acid groups (broad SMARTS) is 1. The lowest BCUT2D eigenvalue weighted by Crippen LogP contribution is -2.57. The van der Waals surface area contributed by atoms with Crippen molar-refractivity contribution < 1.29 is 20.1 Å². The fourth-order valence-corrected chi connectivity index (χ4v) is 2.72. The average molecular weight is 239 g/mol. The van der Waals surface area contributed by atoms with E-state index in [4.69, 9.17) is 5.11 Å². The van der Waals surface area contributed by atoms with E-state index in [2.05, 4.69) is 5.32 Å². The second-order valence-electron chi connectivity index (χ2n) is 5.23. The summed E-state index contributed by atoms with van der Waals surface area (Å²) < 4.78 is 0. The molecule has 4 N–H and O–H groups in total. The van der Waals surface area contributed by atoms with Gasteiger partial charge in [-0.2, -0.15) is 0 Å². The van der Waals surface area contributed by atoms with Crippen LogP contribution in [0.15, 0.2) is 23.2 Å². The summed E-state index contributed by atoms with van der Waals surface area (Å²) in [5, 5.41) is 31.2. The number of nitrogens with one attached hydrogen (secondary N) is 1. The van der Waals surface area contributed by atoms with Crippen LogP contribution in [-0.2, 0) is 4.79 Å². The zero-order chi connectivity index (χ0) is 12.8. The van der Waals surface area contributed by atoms with Crippen molar-refractivity contribution in [1.29, 1.82) is 0 Å². The fraction of sp³-hybridized carbons (Fsp3) is 0.583. The van der Waals surface area contributed by atoms with Crippen molar-refractivity contribution in [3.8, 4) is 0 Å². The Morgan fingerprint density at radius 3 is 2.71 bits per heavy atom. The smallest absolute Gasteiger partial charge is 0.320 e. The molecule has 94 valence electrons. The highest BCUT2D eigenvalue weighted by atomic mass is 16.4. The van der Waals surface area contributed by atoms with Crippen molar-refractivity contribution in [3.63, 3.8) is 0 Å². The van der Waals surface area contributed by atoms with E-state index in [0.717, 1.165) is 5.57 Å². The minimum atomic E-state index is -0.879. The molecule has 2 rings (SSSR count). The van der Waals surface area contributed by atoms with Crippen LogP contribution in [0.1, 0.15) is 26.7 Å². The Morgan fingerprint density at radius 1 is 1.47 bits per heavy atom. The van der Waals surface area contributed by atoms with Crippen molar-refractivity contribution >= 4 is 5.97 Å². The summed E-state index contributed by atoms with van der Waals surface area (Å²) >= 11 is 0. The zero-order valence-corrected chi connectivity index (χ0v) is 9.90. The molecule has 1 aliphatic carbocycles. The third kappa shape index (κ3) is 2.02. The Hall–Kier alpha value is -1.49. The maximum absolute atomic E-state index is 11.1. The van der Waals surface area contributed by atoms with Crippen molar-refractivity contribution in [3.05, 3.63) is 23.2 Å². The Labute approximate surface area is 99.5 Å². The maximum Gasteiger partial charge on any atom is 0.320 e. The molecule has 5 nitrogen and oxygen atoms in total. The zero-order valence-electron chi connectivity index (χ0n) is 9.90. The van der Waals surface area contributed by atoms with Gasteiger partial charge in [0.2, 0.25) is 0 Å². The lowest BCUT2D eigenvalue weighted by Gasteiger charge is -2.44. The minimum Gasteiger partial charge on any atom is -0.508 e. The van der Waals surface area contributed by atoms with Crippen LogP contribution < -0.4 is 5.32 Å². The minimum absolute atomic E-state index is 0.0248. The van der Waals surface area contributed by atoms with Crippen LogP contribution in [-0.4, -0.2) is 32.9 Å². The third-order valence-corrected chi connectivity index (χ3v) is 3.54. The van der Waals surface area contributed by atoms with Gasteiger partial charge in [0.15, 0.2) is 5.76 Å². The maximum atomic E-state index is 11.1. The molecule has 0 aromatic heterocycles. The average Bonchev–Trinajstić information content (AvgIpc) is 2.20. The van der Waals surface area contributed by atoms with Gasteiger partial charge in [-0.3, -0.25) is 10.1 Å². The summed E-state index contributed by atoms with van der Waals surface area (Å²) in [7, 11) is 0. The fourth-order valence-electron chi connectivity index (χ4n) is 2.72. The predicted molar refractivity (Wildman–Crippen MR) is 61.7 cm³/mol. The van der Waals surface area contributed by atoms with Gasteiger partial charge in [-0.1, -0.05) is 0 Å². The number of aliphatic hydroxyl groups excluding tert-OH is 2. The standard InChI is InChI=1S/C12H17NO4/c1-12(2)7-5-10(15)9(14)4-6(7)3-8(13-12)11(16)17/h5-6,8,13-15H,3-4H2,1-2H3,(H,16,17). The Morgan fingerprint density at radius 2 is 2.12 bits per heavy atom. The van der Waals surface area contributed by atoms with Crippen LogP contribution in [0.5, 0.6) is 0 Å². The molecule has 1 aliphatic heterocycles. The number of aliphatic hydroxyl groups is 2. The van der Waals surface area contributed by atoms with E-state index in [9.17, 15) is 15.0 Å². The molecule has 0 radical (unpaired) electrons. The molecular formula is C12H17NO4. The van der Waals surface area contributed by atoms with Gasteiger partial charge in [-0.05, 0) is 37.8 Å². The molecule has 0 aromatic rings. The Balaban J connectivity index is 2.34. The molecule has 17 heavy (non-hydrogen) atoms. The molecule has 2 unspecified atom stereocenters. The molecule has 0 aromatic carbocycles. The summed E-state index contributed by atoms with van der Waals surface area (Å²) in [6.07, 6.45) is 2.29. The number of hydrogen-bond donors (Lipinski definition) is 4. The number of carboxylic acids is 1. The number of piperidine rings is 1. The van der Waals surface area contributed by atoms with Crippen molar-refractivity contribution in [2.24, 2.45) is 5.92 Å². The van der Waals surface area contributed by atoms with Crippen LogP contribution in [0.4, 0.5) is 0 Å².